The molecule has 6 heteroatoms. The molecule has 0 fully saturated rings. The van der Waals surface area contributed by atoms with Gasteiger partial charge in [0, 0.05) is 28.4 Å². The van der Waals surface area contributed by atoms with Crippen molar-refractivity contribution in [1.82, 2.24) is 4.57 Å². The molecule has 6 aromatic rings. The van der Waals surface area contributed by atoms with Gasteiger partial charge in [0.15, 0.2) is 0 Å². The van der Waals surface area contributed by atoms with E-state index >= 15 is 0 Å². The second-order valence-electron chi connectivity index (χ2n) is 10.7. The Balaban J connectivity index is 1.42. The topological polar surface area (TPSA) is 86.7 Å². The van der Waals surface area contributed by atoms with Crippen LogP contribution in [0.3, 0.4) is 0 Å². The summed E-state index contributed by atoms with van der Waals surface area (Å²) in [6.45, 7) is 3.42. The summed E-state index contributed by atoms with van der Waals surface area (Å²) in [5.41, 5.74) is 13.0. The summed E-state index contributed by atoms with van der Waals surface area (Å²) in [4.78, 5) is 12.1. The predicted molar refractivity (Wildman–Crippen MR) is 172 cm³/mol. The second-order valence-corrected chi connectivity index (χ2v) is 10.7. The van der Waals surface area contributed by atoms with E-state index in [4.69, 9.17) is 15.2 Å². The van der Waals surface area contributed by atoms with Gasteiger partial charge in [-0.25, -0.2) is 4.79 Å². The van der Waals surface area contributed by atoms with Crippen LogP contribution in [0.25, 0.3) is 32.8 Å². The first-order chi connectivity index (χ1) is 21.0. The third kappa shape index (κ3) is 5.83. The van der Waals surface area contributed by atoms with Crippen LogP contribution in [-0.2, 0) is 19.5 Å². The summed E-state index contributed by atoms with van der Waals surface area (Å²) in [6.07, 6.45) is -0.0857. The Hall–Kier alpha value is -5.07. The predicted octanol–water partition coefficient (Wildman–Crippen LogP) is 8.35. The minimum absolute atomic E-state index is 0.340. The smallest absolute Gasteiger partial charge is 0.493 e. The molecule has 0 saturated carbocycles. The van der Waals surface area contributed by atoms with Gasteiger partial charge >= 0.3 is 6.16 Å². The average Bonchev–Trinajstić information content (AvgIpc) is 3.31. The maximum absolute atomic E-state index is 12.1. The third-order valence-corrected chi connectivity index (χ3v) is 7.90. The van der Waals surface area contributed by atoms with E-state index in [9.17, 15) is 9.90 Å². The minimum Gasteiger partial charge on any atom is -0.493 e. The lowest BCUT2D eigenvalue weighted by molar-refractivity contribution is 0.140. The van der Waals surface area contributed by atoms with Gasteiger partial charge in [-0.15, -0.1) is 0 Å². The molecule has 216 valence electrons. The molecule has 0 aliphatic rings. The number of hydrogen-bond acceptors (Lipinski definition) is 4. The molecule has 6 rings (SSSR count). The Morgan fingerprint density at radius 3 is 2.35 bits per heavy atom. The summed E-state index contributed by atoms with van der Waals surface area (Å²) in [5, 5.41) is 13.0. The van der Waals surface area contributed by atoms with Gasteiger partial charge < -0.3 is 24.9 Å². The quantitative estimate of drug-likeness (QED) is 0.128. The van der Waals surface area contributed by atoms with Gasteiger partial charge in [0.1, 0.15) is 5.75 Å². The molecule has 0 saturated heterocycles. The van der Waals surface area contributed by atoms with Crippen LogP contribution in [0, 0.1) is 6.92 Å². The molecule has 0 radical (unpaired) electrons. The van der Waals surface area contributed by atoms with Crippen molar-refractivity contribution >= 4 is 27.8 Å². The molecule has 0 aliphatic heterocycles. The maximum atomic E-state index is 12.1. The van der Waals surface area contributed by atoms with Crippen LogP contribution in [0.5, 0.6) is 11.6 Å². The molecule has 43 heavy (non-hydrogen) atoms. The minimum atomic E-state index is -1.34. The molecule has 5 aromatic carbocycles. The SMILES string of the molecule is Cc1ccccc1-c1cccc2c(CCCOc3cccc4ccccc34)c(OC(=O)O)n(Cc3cccc(CN)c3)c12. The average molecular weight is 571 g/mol. The van der Waals surface area contributed by atoms with Gasteiger partial charge in [0.25, 0.3) is 0 Å². The van der Waals surface area contributed by atoms with Crippen LogP contribution in [0.15, 0.2) is 109 Å². The molecule has 0 amide bonds. The van der Waals surface area contributed by atoms with Crippen molar-refractivity contribution in [3.05, 3.63) is 131 Å². The molecule has 0 bridgehead atoms. The second kappa shape index (κ2) is 12.4. The summed E-state index contributed by atoms with van der Waals surface area (Å²) < 4.78 is 13.8. The van der Waals surface area contributed by atoms with E-state index in [-0.39, 0.29) is 0 Å². The molecule has 0 aliphatic carbocycles. The van der Waals surface area contributed by atoms with E-state index < -0.39 is 6.16 Å². The highest BCUT2D eigenvalue weighted by Crippen LogP contribution is 2.40. The number of para-hydroxylation sites is 1. The molecular formula is C37H34N2O4. The number of hydrogen-bond donors (Lipinski definition) is 2. The van der Waals surface area contributed by atoms with Crippen LogP contribution in [0.2, 0.25) is 0 Å². The van der Waals surface area contributed by atoms with Crippen LogP contribution >= 0.6 is 0 Å². The fourth-order valence-electron chi connectivity index (χ4n) is 5.93. The zero-order valence-electron chi connectivity index (χ0n) is 24.1. The number of ether oxygens (including phenoxy) is 2. The summed E-state index contributed by atoms with van der Waals surface area (Å²) in [7, 11) is 0. The van der Waals surface area contributed by atoms with E-state index in [2.05, 4.69) is 55.5 Å². The molecule has 1 heterocycles. The van der Waals surface area contributed by atoms with Crippen molar-refractivity contribution in [2.75, 3.05) is 6.61 Å². The van der Waals surface area contributed by atoms with Crippen molar-refractivity contribution < 1.29 is 19.4 Å². The Labute approximate surface area is 250 Å². The van der Waals surface area contributed by atoms with Gasteiger partial charge in [-0.2, -0.15) is 0 Å². The van der Waals surface area contributed by atoms with E-state index in [1.807, 2.05) is 65.2 Å². The number of rotatable bonds is 10. The van der Waals surface area contributed by atoms with Crippen LogP contribution in [0.4, 0.5) is 4.79 Å². The zero-order chi connectivity index (χ0) is 29.8. The first-order valence-electron chi connectivity index (χ1n) is 14.5. The number of aryl methyl sites for hydroxylation is 2. The van der Waals surface area contributed by atoms with Crippen molar-refractivity contribution in [2.45, 2.75) is 32.9 Å². The van der Waals surface area contributed by atoms with E-state index in [1.165, 1.54) is 0 Å². The van der Waals surface area contributed by atoms with Crippen molar-refractivity contribution in [2.24, 2.45) is 5.73 Å². The van der Waals surface area contributed by atoms with E-state index in [0.29, 0.717) is 38.4 Å². The third-order valence-electron chi connectivity index (χ3n) is 7.90. The fourth-order valence-corrected chi connectivity index (χ4v) is 5.93. The van der Waals surface area contributed by atoms with E-state index in [1.54, 1.807) is 0 Å². The summed E-state index contributed by atoms with van der Waals surface area (Å²) >= 11 is 0. The van der Waals surface area contributed by atoms with Crippen molar-refractivity contribution in [3.63, 3.8) is 0 Å². The van der Waals surface area contributed by atoms with Gasteiger partial charge in [-0.05, 0) is 53.5 Å². The number of carbonyl (C=O) groups is 1. The zero-order valence-corrected chi connectivity index (χ0v) is 24.1. The molecule has 3 N–H and O–H groups in total. The molecule has 0 spiro atoms. The standard InChI is InChI=1S/C37H34N2O4/c1-25-10-2-4-15-29(25)31-17-8-18-32-33(19-9-21-42-34-20-7-14-28-13-3-5-16-30(28)34)36(43-37(40)41)39(35(31)32)24-27-12-6-11-26(22-27)23-38/h2-8,10-18,20,22H,9,19,21,23-24,38H2,1H3,(H,40,41). The number of fused-ring (bicyclic) bond motifs is 2. The van der Waals surface area contributed by atoms with Crippen LogP contribution < -0.4 is 15.2 Å². The monoisotopic (exact) mass is 570 g/mol. The lowest BCUT2D eigenvalue weighted by atomic mass is 9.97. The largest absolute Gasteiger partial charge is 0.512 e. The molecule has 0 unspecified atom stereocenters. The number of benzene rings is 5. The maximum Gasteiger partial charge on any atom is 0.512 e. The fraction of sp³-hybridized carbons (Fsp3) is 0.162. The van der Waals surface area contributed by atoms with Gasteiger partial charge in [-0.3, -0.25) is 0 Å². The van der Waals surface area contributed by atoms with Gasteiger partial charge in [-0.1, -0.05) is 103 Å². The molecule has 1 aromatic heterocycles. The highest BCUT2D eigenvalue weighted by molar-refractivity contribution is 5.99. The van der Waals surface area contributed by atoms with Crippen molar-refractivity contribution in [1.29, 1.82) is 0 Å². The first kappa shape index (κ1) is 28.1. The lowest BCUT2D eigenvalue weighted by Crippen LogP contribution is -2.11. The van der Waals surface area contributed by atoms with E-state index in [0.717, 1.165) is 60.8 Å². The Kier molecular flexibility index (Phi) is 8.11. The Morgan fingerprint density at radius 2 is 1.51 bits per heavy atom. The van der Waals surface area contributed by atoms with Crippen LogP contribution in [0.1, 0.15) is 28.7 Å². The molecule has 0 atom stereocenters. The lowest BCUT2D eigenvalue weighted by Gasteiger charge is -2.14. The summed E-state index contributed by atoms with van der Waals surface area (Å²) in [6, 6.07) is 36.7. The highest BCUT2D eigenvalue weighted by Gasteiger charge is 2.24. The number of aromatic nitrogens is 1. The Bertz CT molecular complexity index is 1920. The normalized spacial score (nSPS) is 11.2. The number of nitrogens with zero attached hydrogens (tertiary/aromatic N) is 1. The molecule has 6 nitrogen and oxygen atoms in total. The van der Waals surface area contributed by atoms with Crippen LogP contribution in [-0.4, -0.2) is 22.4 Å². The van der Waals surface area contributed by atoms with Gasteiger partial charge in [0.05, 0.1) is 18.7 Å². The Morgan fingerprint density at radius 1 is 0.814 bits per heavy atom. The first-order valence-corrected chi connectivity index (χ1v) is 14.5. The molecular weight excluding hydrogens is 536 g/mol. The summed E-state index contributed by atoms with van der Waals surface area (Å²) in [5.74, 6) is 1.18. The number of carboxylic acid groups (broad SMARTS) is 1. The van der Waals surface area contributed by atoms with Crippen molar-refractivity contribution in [3.8, 4) is 22.8 Å². The highest BCUT2D eigenvalue weighted by atomic mass is 16.7. The number of nitrogens with two attached hydrogens (primary N) is 1. The van der Waals surface area contributed by atoms with Gasteiger partial charge in [0.2, 0.25) is 5.88 Å².